The zero-order valence-electron chi connectivity index (χ0n) is 12.0. The molecule has 0 aliphatic carbocycles. The molecule has 4 heteroatoms. The van der Waals surface area contributed by atoms with Crippen molar-refractivity contribution in [2.45, 2.75) is 33.4 Å². The Labute approximate surface area is 124 Å². The van der Waals surface area contributed by atoms with Gasteiger partial charge in [0.25, 0.3) is 0 Å². The molecule has 1 aromatic carbocycles. The normalized spacial score (nSPS) is 11.3. The van der Waals surface area contributed by atoms with Gasteiger partial charge in [-0.2, -0.15) is 0 Å². The molecule has 0 unspecified atom stereocenters. The summed E-state index contributed by atoms with van der Waals surface area (Å²) in [5, 5.41) is 3.38. The molecule has 0 amide bonds. The summed E-state index contributed by atoms with van der Waals surface area (Å²) in [6.45, 7) is 7.56. The average Bonchev–Trinajstić information content (AvgIpc) is 2.38. The van der Waals surface area contributed by atoms with Crippen molar-refractivity contribution >= 4 is 15.9 Å². The Bertz CT molecular complexity index is 430. The number of benzene rings is 1. The van der Waals surface area contributed by atoms with Crippen molar-refractivity contribution in [3.63, 3.8) is 0 Å². The van der Waals surface area contributed by atoms with Crippen LogP contribution < -0.4 is 14.8 Å². The van der Waals surface area contributed by atoms with Gasteiger partial charge in [-0.15, -0.1) is 0 Å². The van der Waals surface area contributed by atoms with Crippen LogP contribution in [0.2, 0.25) is 0 Å². The fraction of sp³-hybridized carbons (Fsp3) is 0.467. The smallest absolute Gasteiger partial charge is 0.175 e. The van der Waals surface area contributed by atoms with Crippen LogP contribution in [0.3, 0.4) is 0 Å². The molecule has 0 aliphatic rings. The van der Waals surface area contributed by atoms with Gasteiger partial charge in [-0.3, -0.25) is 0 Å². The Morgan fingerprint density at radius 2 is 2.11 bits per heavy atom. The second kappa shape index (κ2) is 8.23. The molecule has 3 nitrogen and oxygen atoms in total. The number of hydrogen-bond acceptors (Lipinski definition) is 3. The maximum atomic E-state index is 5.70. The van der Waals surface area contributed by atoms with Gasteiger partial charge in [-0.25, -0.2) is 0 Å². The Balaban J connectivity index is 2.87. The summed E-state index contributed by atoms with van der Waals surface area (Å²) in [7, 11) is 1.66. The van der Waals surface area contributed by atoms with Crippen molar-refractivity contribution < 1.29 is 9.47 Å². The molecule has 1 rings (SSSR count). The van der Waals surface area contributed by atoms with Crippen molar-refractivity contribution in [3.8, 4) is 11.5 Å². The molecule has 0 heterocycles. The third-order valence-electron chi connectivity index (χ3n) is 2.56. The molecule has 106 valence electrons. The van der Waals surface area contributed by atoms with E-state index in [0.29, 0.717) is 12.6 Å². The summed E-state index contributed by atoms with van der Waals surface area (Å²) in [5.74, 6) is 1.49. The molecule has 0 atom stereocenters. The summed E-state index contributed by atoms with van der Waals surface area (Å²) in [4.78, 5) is 0. The maximum absolute atomic E-state index is 5.70. The molecule has 0 radical (unpaired) electrons. The van der Waals surface area contributed by atoms with E-state index in [4.69, 9.17) is 9.47 Å². The number of halogens is 1. The minimum absolute atomic E-state index is 0.454. The molecular weight excluding hydrogens is 306 g/mol. The lowest BCUT2D eigenvalue weighted by atomic mass is 10.2. The maximum Gasteiger partial charge on any atom is 0.175 e. The van der Waals surface area contributed by atoms with Crippen LogP contribution in [0.15, 0.2) is 28.8 Å². The topological polar surface area (TPSA) is 30.5 Å². The largest absolute Gasteiger partial charge is 0.493 e. The monoisotopic (exact) mass is 327 g/mol. The van der Waals surface area contributed by atoms with Crippen molar-refractivity contribution in [1.29, 1.82) is 0 Å². The van der Waals surface area contributed by atoms with Gasteiger partial charge in [0, 0.05) is 12.6 Å². The van der Waals surface area contributed by atoms with E-state index in [2.05, 4.69) is 41.2 Å². The summed E-state index contributed by atoms with van der Waals surface area (Å²) < 4.78 is 12.0. The predicted molar refractivity (Wildman–Crippen MR) is 83.0 cm³/mol. The second-order valence-electron chi connectivity index (χ2n) is 4.52. The number of ether oxygens (including phenoxy) is 2. The summed E-state index contributed by atoms with van der Waals surface area (Å²) in [6, 6.07) is 4.52. The van der Waals surface area contributed by atoms with E-state index in [1.54, 1.807) is 7.11 Å². The number of hydrogen-bond donors (Lipinski definition) is 1. The second-order valence-corrected chi connectivity index (χ2v) is 5.38. The summed E-state index contributed by atoms with van der Waals surface area (Å²) in [5.41, 5.74) is 1.16. The summed E-state index contributed by atoms with van der Waals surface area (Å²) >= 11 is 3.54. The molecule has 1 aromatic rings. The Kier molecular flexibility index (Phi) is 6.95. The lowest BCUT2D eigenvalue weighted by Crippen LogP contribution is -2.21. The Hall–Kier alpha value is -1.00. The highest BCUT2D eigenvalue weighted by Gasteiger charge is 2.11. The van der Waals surface area contributed by atoms with Crippen LogP contribution >= 0.6 is 15.9 Å². The lowest BCUT2D eigenvalue weighted by molar-refractivity contribution is 0.323. The first-order valence-electron chi connectivity index (χ1n) is 6.42. The third-order valence-corrected chi connectivity index (χ3v) is 3.15. The van der Waals surface area contributed by atoms with Crippen LogP contribution in [0.25, 0.3) is 0 Å². The van der Waals surface area contributed by atoms with Gasteiger partial charge in [-0.05, 0) is 40.5 Å². The van der Waals surface area contributed by atoms with E-state index in [1.807, 2.05) is 25.1 Å². The SMILES string of the molecule is C/C=C/COc1c(Br)cc(CNC(C)C)cc1OC. The van der Waals surface area contributed by atoms with Crippen molar-refractivity contribution in [2.75, 3.05) is 13.7 Å². The van der Waals surface area contributed by atoms with Gasteiger partial charge in [-0.1, -0.05) is 26.0 Å². The van der Waals surface area contributed by atoms with Crippen LogP contribution in [0.1, 0.15) is 26.3 Å². The Morgan fingerprint density at radius 3 is 2.68 bits per heavy atom. The molecule has 0 aromatic heterocycles. The van der Waals surface area contributed by atoms with Gasteiger partial charge >= 0.3 is 0 Å². The van der Waals surface area contributed by atoms with E-state index in [1.165, 1.54) is 0 Å². The Morgan fingerprint density at radius 1 is 1.37 bits per heavy atom. The van der Waals surface area contributed by atoms with Gasteiger partial charge in [0.1, 0.15) is 6.61 Å². The molecule has 0 saturated heterocycles. The number of methoxy groups -OCH3 is 1. The third kappa shape index (κ3) is 5.25. The molecular formula is C15H22BrNO2. The van der Waals surface area contributed by atoms with Crippen LogP contribution in [-0.4, -0.2) is 19.8 Å². The molecule has 19 heavy (non-hydrogen) atoms. The lowest BCUT2D eigenvalue weighted by Gasteiger charge is -2.14. The van der Waals surface area contributed by atoms with Crippen molar-refractivity contribution in [3.05, 3.63) is 34.3 Å². The van der Waals surface area contributed by atoms with E-state index in [-0.39, 0.29) is 0 Å². The predicted octanol–water partition coefficient (Wildman–Crippen LogP) is 3.91. The minimum atomic E-state index is 0.454. The van der Waals surface area contributed by atoms with E-state index in [9.17, 15) is 0 Å². The van der Waals surface area contributed by atoms with E-state index < -0.39 is 0 Å². The quantitative estimate of drug-likeness (QED) is 0.770. The fourth-order valence-corrected chi connectivity index (χ4v) is 2.17. The number of nitrogens with one attached hydrogen (secondary N) is 1. The van der Waals surface area contributed by atoms with Gasteiger partial charge in [0.2, 0.25) is 0 Å². The first kappa shape index (κ1) is 16.1. The van der Waals surface area contributed by atoms with Crippen LogP contribution in [0.5, 0.6) is 11.5 Å². The van der Waals surface area contributed by atoms with Crippen LogP contribution in [0.4, 0.5) is 0 Å². The fourth-order valence-electron chi connectivity index (χ4n) is 1.57. The van der Waals surface area contributed by atoms with E-state index in [0.717, 1.165) is 28.1 Å². The zero-order valence-corrected chi connectivity index (χ0v) is 13.6. The number of allylic oxidation sites excluding steroid dienone is 1. The zero-order chi connectivity index (χ0) is 14.3. The van der Waals surface area contributed by atoms with Gasteiger partial charge in [0.05, 0.1) is 11.6 Å². The molecule has 0 bridgehead atoms. The number of rotatable bonds is 7. The molecule has 0 saturated carbocycles. The molecule has 1 N–H and O–H groups in total. The van der Waals surface area contributed by atoms with Gasteiger partial charge in [0.15, 0.2) is 11.5 Å². The molecule has 0 spiro atoms. The van der Waals surface area contributed by atoms with Crippen LogP contribution in [0, 0.1) is 0 Å². The molecule has 0 aliphatic heterocycles. The highest BCUT2D eigenvalue weighted by molar-refractivity contribution is 9.10. The standard InChI is InChI=1S/C15H22BrNO2/c1-5-6-7-19-15-13(16)8-12(9-14(15)18-4)10-17-11(2)3/h5-6,8-9,11,17H,7,10H2,1-4H3/b6-5+. The van der Waals surface area contributed by atoms with Crippen LogP contribution in [-0.2, 0) is 6.54 Å². The van der Waals surface area contributed by atoms with E-state index >= 15 is 0 Å². The minimum Gasteiger partial charge on any atom is -0.493 e. The highest BCUT2D eigenvalue weighted by atomic mass is 79.9. The first-order chi connectivity index (χ1) is 9.08. The molecule has 0 fully saturated rings. The van der Waals surface area contributed by atoms with Gasteiger partial charge < -0.3 is 14.8 Å². The van der Waals surface area contributed by atoms with Crippen molar-refractivity contribution in [2.24, 2.45) is 0 Å². The highest BCUT2D eigenvalue weighted by Crippen LogP contribution is 2.36. The van der Waals surface area contributed by atoms with Crippen molar-refractivity contribution in [1.82, 2.24) is 5.32 Å². The summed E-state index contributed by atoms with van der Waals surface area (Å²) in [6.07, 6.45) is 3.92. The average molecular weight is 328 g/mol. The first-order valence-corrected chi connectivity index (χ1v) is 7.21.